The van der Waals surface area contributed by atoms with Gasteiger partial charge in [-0.25, -0.2) is 0 Å². The van der Waals surface area contributed by atoms with Crippen molar-refractivity contribution >= 4 is 17.9 Å². The lowest BCUT2D eigenvalue weighted by atomic mass is 10.1. The summed E-state index contributed by atoms with van der Waals surface area (Å²) in [5.74, 6) is -0.948. The lowest BCUT2D eigenvalue weighted by molar-refractivity contribution is -0.167. The number of carbonyl (C=O) groups excluding carboxylic acids is 3. The molecular weight excluding hydrogens is 769 g/mol. The van der Waals surface area contributed by atoms with Crippen molar-refractivity contribution in [3.63, 3.8) is 0 Å². The van der Waals surface area contributed by atoms with Gasteiger partial charge in [0.15, 0.2) is 6.10 Å². The minimum Gasteiger partial charge on any atom is -0.462 e. The van der Waals surface area contributed by atoms with Gasteiger partial charge >= 0.3 is 17.9 Å². The van der Waals surface area contributed by atoms with Crippen LogP contribution in [-0.4, -0.2) is 37.2 Å². The van der Waals surface area contributed by atoms with Gasteiger partial charge in [0, 0.05) is 19.3 Å². The van der Waals surface area contributed by atoms with Gasteiger partial charge in [-0.05, 0) is 103 Å². The van der Waals surface area contributed by atoms with Crippen LogP contribution in [0.2, 0.25) is 0 Å². The van der Waals surface area contributed by atoms with Crippen LogP contribution in [0.4, 0.5) is 0 Å². The maximum absolute atomic E-state index is 12.7. The Kier molecular flexibility index (Phi) is 47.0. The van der Waals surface area contributed by atoms with Crippen molar-refractivity contribution in [3.8, 4) is 0 Å². The van der Waals surface area contributed by atoms with Crippen LogP contribution in [0.1, 0.15) is 220 Å². The lowest BCUT2D eigenvalue weighted by Gasteiger charge is -2.18. The molecule has 0 aliphatic rings. The molecule has 62 heavy (non-hydrogen) atoms. The maximum Gasteiger partial charge on any atom is 0.306 e. The maximum atomic E-state index is 12.7. The van der Waals surface area contributed by atoms with E-state index in [0.717, 1.165) is 122 Å². The average molecular weight is 861 g/mol. The molecule has 0 aliphatic carbocycles. The van der Waals surface area contributed by atoms with Crippen LogP contribution in [0.5, 0.6) is 0 Å². The van der Waals surface area contributed by atoms with Crippen molar-refractivity contribution in [1.29, 1.82) is 0 Å². The average Bonchev–Trinajstić information content (AvgIpc) is 3.27. The van der Waals surface area contributed by atoms with Crippen molar-refractivity contribution in [2.24, 2.45) is 0 Å². The Morgan fingerprint density at radius 1 is 0.339 bits per heavy atom. The predicted octanol–water partition coefficient (Wildman–Crippen LogP) is 16.6. The van der Waals surface area contributed by atoms with Crippen molar-refractivity contribution in [2.75, 3.05) is 13.2 Å². The Morgan fingerprint density at radius 2 is 0.629 bits per heavy atom. The summed E-state index contributed by atoms with van der Waals surface area (Å²) < 4.78 is 16.7. The number of hydrogen-bond acceptors (Lipinski definition) is 6. The molecule has 0 fully saturated rings. The topological polar surface area (TPSA) is 78.9 Å². The SMILES string of the molecule is CC/C=C\C/C=C\C/C=C\C/C=C\C/C=C\C/C=C\C/C=C\CCCCCC(=O)OCC(COC(=O)CCCCCCCCC)OC(=O)CCCCCCC/C=C\CCCCC. The Morgan fingerprint density at radius 3 is 1.05 bits per heavy atom. The van der Waals surface area contributed by atoms with Crippen LogP contribution >= 0.6 is 0 Å². The van der Waals surface area contributed by atoms with E-state index in [1.54, 1.807) is 0 Å². The van der Waals surface area contributed by atoms with Crippen molar-refractivity contribution < 1.29 is 28.6 Å². The number of unbranched alkanes of at least 4 members (excludes halogenated alkanes) is 17. The second-order valence-corrected chi connectivity index (χ2v) is 16.3. The molecule has 0 rings (SSSR count). The highest BCUT2D eigenvalue weighted by atomic mass is 16.6. The molecule has 0 N–H and O–H groups in total. The first-order chi connectivity index (χ1) is 30.5. The molecule has 0 saturated heterocycles. The molecule has 0 amide bonds. The fourth-order valence-corrected chi connectivity index (χ4v) is 6.53. The highest BCUT2D eigenvalue weighted by Crippen LogP contribution is 2.13. The van der Waals surface area contributed by atoms with Gasteiger partial charge < -0.3 is 14.2 Å². The largest absolute Gasteiger partial charge is 0.462 e. The molecule has 6 heteroatoms. The molecule has 0 spiro atoms. The molecule has 1 atom stereocenters. The smallest absolute Gasteiger partial charge is 0.306 e. The fourth-order valence-electron chi connectivity index (χ4n) is 6.53. The standard InChI is InChI=1S/C56H92O6/c1-4-7-10-13-16-18-20-22-23-24-25-26-27-28-29-30-31-32-33-34-36-37-40-43-46-49-55(58)61-52-53(51-60-54(57)48-45-42-39-15-12-9-6-3)62-56(59)50-47-44-41-38-35-21-19-17-14-11-8-5-2/h7,10,16-19,22-23,25-26,28-29,31-32,34,36,53H,4-6,8-9,11-15,20-21,24,27,30,33,35,37-52H2,1-3H3/b10-7-,18-16-,19-17-,23-22-,26-25-,29-28-,32-31-,36-34-. The number of esters is 3. The second kappa shape index (κ2) is 50.0. The van der Waals surface area contributed by atoms with Crippen molar-refractivity contribution in [2.45, 2.75) is 226 Å². The van der Waals surface area contributed by atoms with Crippen LogP contribution in [0.15, 0.2) is 97.2 Å². The monoisotopic (exact) mass is 861 g/mol. The molecule has 0 aromatic carbocycles. The van der Waals surface area contributed by atoms with Gasteiger partial charge in [-0.15, -0.1) is 0 Å². The van der Waals surface area contributed by atoms with E-state index in [1.807, 2.05) is 0 Å². The number of allylic oxidation sites excluding steroid dienone is 16. The first-order valence-electron chi connectivity index (χ1n) is 25.2. The molecule has 0 aliphatic heterocycles. The summed E-state index contributed by atoms with van der Waals surface area (Å²) in [6.07, 6.45) is 65.5. The number of hydrogen-bond donors (Lipinski definition) is 0. The number of carbonyl (C=O) groups is 3. The summed E-state index contributed by atoms with van der Waals surface area (Å²) in [6, 6.07) is 0. The van der Waals surface area contributed by atoms with Crippen LogP contribution in [0.3, 0.4) is 0 Å². The number of rotatable bonds is 44. The summed E-state index contributed by atoms with van der Waals surface area (Å²) >= 11 is 0. The quantitative estimate of drug-likeness (QED) is 0.0263. The summed E-state index contributed by atoms with van der Waals surface area (Å²) in [7, 11) is 0. The van der Waals surface area contributed by atoms with E-state index in [4.69, 9.17) is 14.2 Å². The third-order valence-corrected chi connectivity index (χ3v) is 10.3. The van der Waals surface area contributed by atoms with Gasteiger partial charge in [0.2, 0.25) is 0 Å². The summed E-state index contributed by atoms with van der Waals surface area (Å²) in [6.45, 7) is 6.40. The zero-order valence-electron chi connectivity index (χ0n) is 40.1. The first kappa shape index (κ1) is 58.3. The zero-order valence-corrected chi connectivity index (χ0v) is 40.1. The highest BCUT2D eigenvalue weighted by molar-refractivity contribution is 5.71. The molecule has 0 aromatic rings. The summed E-state index contributed by atoms with van der Waals surface area (Å²) in [4.78, 5) is 37.7. The third kappa shape index (κ3) is 47.4. The Hall–Kier alpha value is -3.67. The van der Waals surface area contributed by atoms with Gasteiger partial charge in [-0.3, -0.25) is 14.4 Å². The van der Waals surface area contributed by atoms with E-state index >= 15 is 0 Å². The third-order valence-electron chi connectivity index (χ3n) is 10.3. The molecule has 6 nitrogen and oxygen atoms in total. The van der Waals surface area contributed by atoms with Crippen molar-refractivity contribution in [1.82, 2.24) is 0 Å². The minimum atomic E-state index is -0.792. The molecule has 352 valence electrons. The second-order valence-electron chi connectivity index (χ2n) is 16.3. The van der Waals surface area contributed by atoms with E-state index in [0.29, 0.717) is 19.3 Å². The van der Waals surface area contributed by atoms with E-state index < -0.39 is 6.10 Å². The summed E-state index contributed by atoms with van der Waals surface area (Å²) in [5.41, 5.74) is 0. The molecule has 0 bridgehead atoms. The normalized spacial score (nSPS) is 12.9. The molecule has 0 saturated carbocycles. The zero-order chi connectivity index (χ0) is 45.1. The van der Waals surface area contributed by atoms with E-state index in [1.165, 1.54) is 57.8 Å². The molecule has 0 heterocycles. The van der Waals surface area contributed by atoms with Gasteiger partial charge in [0.25, 0.3) is 0 Å². The Labute approximate surface area is 381 Å². The van der Waals surface area contributed by atoms with Gasteiger partial charge in [-0.2, -0.15) is 0 Å². The molecule has 0 aromatic heterocycles. The van der Waals surface area contributed by atoms with E-state index in [9.17, 15) is 14.4 Å². The number of ether oxygens (including phenoxy) is 3. The van der Waals surface area contributed by atoms with Crippen LogP contribution in [-0.2, 0) is 28.6 Å². The lowest BCUT2D eigenvalue weighted by Crippen LogP contribution is -2.30. The minimum absolute atomic E-state index is 0.0920. The predicted molar refractivity (Wildman–Crippen MR) is 265 cm³/mol. The van der Waals surface area contributed by atoms with Crippen LogP contribution < -0.4 is 0 Å². The Balaban J connectivity index is 4.30. The van der Waals surface area contributed by atoms with Crippen LogP contribution in [0.25, 0.3) is 0 Å². The Bertz CT molecular complexity index is 1260. The van der Waals surface area contributed by atoms with Crippen LogP contribution in [0, 0.1) is 0 Å². The van der Waals surface area contributed by atoms with E-state index in [2.05, 4.69) is 118 Å². The highest BCUT2D eigenvalue weighted by Gasteiger charge is 2.19. The van der Waals surface area contributed by atoms with Crippen molar-refractivity contribution in [3.05, 3.63) is 97.2 Å². The van der Waals surface area contributed by atoms with Gasteiger partial charge in [-0.1, -0.05) is 195 Å². The molecular formula is C56H92O6. The first-order valence-corrected chi connectivity index (χ1v) is 25.2. The molecule has 0 radical (unpaired) electrons. The van der Waals surface area contributed by atoms with E-state index in [-0.39, 0.29) is 31.1 Å². The van der Waals surface area contributed by atoms with Gasteiger partial charge in [0.05, 0.1) is 0 Å². The van der Waals surface area contributed by atoms with Gasteiger partial charge in [0.1, 0.15) is 13.2 Å². The fraction of sp³-hybridized carbons (Fsp3) is 0.661. The summed E-state index contributed by atoms with van der Waals surface area (Å²) in [5, 5.41) is 0. The molecule has 1 unspecified atom stereocenters.